The summed E-state index contributed by atoms with van der Waals surface area (Å²) in [6, 6.07) is 63.7. The number of fused-ring (bicyclic) bond motifs is 6. The first-order valence-corrected chi connectivity index (χ1v) is 22.9. The summed E-state index contributed by atoms with van der Waals surface area (Å²) < 4.78 is 0. The molecule has 4 heteroatoms. The van der Waals surface area contributed by atoms with Crippen molar-refractivity contribution in [3.8, 4) is 0 Å². The highest BCUT2D eigenvalue weighted by atomic mass is 35.5. The smallest absolute Gasteiger partial charge is 0.179 e. The highest BCUT2D eigenvalue weighted by molar-refractivity contribution is 7.20. The van der Waals surface area contributed by atoms with E-state index in [2.05, 4.69) is 242 Å². The minimum Gasteiger partial charge on any atom is -0.309 e. The number of nitrogens with zero attached hydrogens (tertiary/aromatic N) is 2. The van der Waals surface area contributed by atoms with E-state index in [1.165, 1.54) is 37.4 Å². The van der Waals surface area contributed by atoms with E-state index in [0.29, 0.717) is 5.02 Å². The highest BCUT2D eigenvalue weighted by Crippen LogP contribution is 2.48. The summed E-state index contributed by atoms with van der Waals surface area (Å²) in [6.07, 6.45) is 0. The Morgan fingerprint density at radius 1 is 0.345 bits per heavy atom. The van der Waals surface area contributed by atoms with E-state index >= 15 is 0 Å². The van der Waals surface area contributed by atoms with E-state index in [4.69, 9.17) is 11.6 Å². The Kier molecular flexibility index (Phi) is 10.1. The zero-order chi connectivity index (χ0) is 41.0. The van der Waals surface area contributed by atoms with Crippen molar-refractivity contribution >= 4 is 74.5 Å². The Morgan fingerprint density at radius 3 is 1.17 bits per heavy atom. The molecule has 0 atom stereocenters. The van der Waals surface area contributed by atoms with E-state index in [9.17, 15) is 0 Å². The molecule has 2 nitrogen and oxygen atoms in total. The van der Waals surface area contributed by atoms with Gasteiger partial charge in [-0.3, -0.25) is 0 Å². The van der Waals surface area contributed by atoms with Gasteiger partial charge in [-0.05, 0) is 114 Å². The standard InChI is InChI=1S/C54H55ClN2Si/c1-52(2,3)38-29-31-41(32-30-38)56-42-19-16-25-47(36-42)58(45-21-12-10-13-22-45,46-23-14-11-15-24-46)48-26-17-20-43(37-48)57(50-28-18-27-49(56)51(50)55)44-34-39(53(4,5)6)33-40(35-44)54(7,8)9/h10-37H,1-9H3. The van der Waals surface area contributed by atoms with Crippen LogP contribution in [0, 0.1) is 0 Å². The molecule has 0 radical (unpaired) electrons. The quantitative estimate of drug-likeness (QED) is 0.164. The van der Waals surface area contributed by atoms with Crippen LogP contribution in [0.4, 0.5) is 34.1 Å². The number of hydrogen-bond donors (Lipinski definition) is 0. The van der Waals surface area contributed by atoms with E-state index in [1.54, 1.807) is 0 Å². The molecule has 0 fully saturated rings. The third-order valence-corrected chi connectivity index (χ3v) is 17.0. The molecule has 0 aromatic heterocycles. The molecule has 7 aromatic carbocycles. The largest absolute Gasteiger partial charge is 0.309 e. The van der Waals surface area contributed by atoms with Crippen molar-refractivity contribution in [2.45, 2.75) is 78.6 Å². The molecule has 1 heterocycles. The third-order valence-electron chi connectivity index (χ3n) is 11.8. The first-order valence-electron chi connectivity index (χ1n) is 20.5. The number of benzene rings is 7. The van der Waals surface area contributed by atoms with Crippen LogP contribution in [0.1, 0.15) is 79.0 Å². The van der Waals surface area contributed by atoms with Crippen molar-refractivity contribution in [2.24, 2.45) is 0 Å². The molecular weight excluding hydrogens is 740 g/mol. The Hall–Kier alpha value is -5.35. The summed E-state index contributed by atoms with van der Waals surface area (Å²) in [5, 5.41) is 5.97. The zero-order valence-corrected chi connectivity index (χ0v) is 37.2. The van der Waals surface area contributed by atoms with Gasteiger partial charge in [-0.2, -0.15) is 0 Å². The number of hydrogen-bond acceptors (Lipinski definition) is 2. The Morgan fingerprint density at radius 2 is 0.741 bits per heavy atom. The second kappa shape index (κ2) is 14.8. The maximum absolute atomic E-state index is 7.89. The van der Waals surface area contributed by atoms with Crippen LogP contribution >= 0.6 is 11.6 Å². The Bertz CT molecular complexity index is 2500. The molecule has 0 aliphatic carbocycles. The molecule has 58 heavy (non-hydrogen) atoms. The monoisotopic (exact) mass is 794 g/mol. The average molecular weight is 796 g/mol. The average Bonchev–Trinajstić information content (AvgIpc) is 3.20. The second-order valence-electron chi connectivity index (χ2n) is 18.9. The molecule has 0 N–H and O–H groups in total. The second-order valence-corrected chi connectivity index (χ2v) is 23.1. The fourth-order valence-electron chi connectivity index (χ4n) is 8.56. The van der Waals surface area contributed by atoms with E-state index in [0.717, 1.165) is 34.1 Å². The molecular formula is C54H55ClN2Si. The van der Waals surface area contributed by atoms with Gasteiger partial charge in [0.25, 0.3) is 0 Å². The van der Waals surface area contributed by atoms with Gasteiger partial charge in [-0.1, -0.05) is 183 Å². The Balaban J connectivity index is 1.53. The highest BCUT2D eigenvalue weighted by Gasteiger charge is 2.42. The molecule has 6 bridgehead atoms. The molecule has 1 aliphatic rings. The van der Waals surface area contributed by atoms with Crippen molar-refractivity contribution < 1.29 is 0 Å². The summed E-state index contributed by atoms with van der Waals surface area (Å²) in [5.41, 5.74) is 9.90. The predicted octanol–water partition coefficient (Wildman–Crippen LogP) is 12.9. The molecule has 0 unspecified atom stereocenters. The van der Waals surface area contributed by atoms with Gasteiger partial charge in [0.05, 0.1) is 16.4 Å². The SMILES string of the molecule is CC(C)(C)c1ccc(N2c3cccc(c3)[Si](c3ccccc3)(c3ccccc3)c3cccc(c3)N(c3cc(C(C)(C)C)cc(C(C)(C)C)c3)c3cccc2c3Cl)cc1. The van der Waals surface area contributed by atoms with Crippen molar-refractivity contribution in [2.75, 3.05) is 9.80 Å². The molecule has 0 saturated heterocycles. The topological polar surface area (TPSA) is 6.48 Å². The Labute approximate surface area is 352 Å². The van der Waals surface area contributed by atoms with Crippen LogP contribution in [0.3, 0.4) is 0 Å². The van der Waals surface area contributed by atoms with Gasteiger partial charge in [0.2, 0.25) is 0 Å². The minimum atomic E-state index is -2.95. The van der Waals surface area contributed by atoms with Crippen molar-refractivity contribution in [1.29, 1.82) is 0 Å². The minimum absolute atomic E-state index is 0.0230. The van der Waals surface area contributed by atoms with Crippen LogP contribution in [0.15, 0.2) is 170 Å². The number of rotatable bonds is 4. The lowest BCUT2D eigenvalue weighted by atomic mass is 9.80. The summed E-state index contributed by atoms with van der Waals surface area (Å²) >= 11 is 7.89. The van der Waals surface area contributed by atoms with Gasteiger partial charge in [-0.15, -0.1) is 0 Å². The van der Waals surface area contributed by atoms with Crippen LogP contribution < -0.4 is 30.5 Å². The molecule has 0 amide bonds. The molecule has 0 saturated carbocycles. The lowest BCUT2D eigenvalue weighted by Gasteiger charge is -2.38. The van der Waals surface area contributed by atoms with E-state index in [1.807, 2.05) is 0 Å². The lowest BCUT2D eigenvalue weighted by Crippen LogP contribution is -2.74. The van der Waals surface area contributed by atoms with Gasteiger partial charge in [-0.25, -0.2) is 0 Å². The maximum Gasteiger partial charge on any atom is 0.179 e. The third kappa shape index (κ3) is 7.09. The molecule has 7 aromatic rings. The normalized spacial score (nSPS) is 14.1. The first kappa shape index (κ1) is 39.5. The van der Waals surface area contributed by atoms with Crippen molar-refractivity contribution in [3.05, 3.63) is 192 Å². The van der Waals surface area contributed by atoms with Crippen molar-refractivity contribution in [3.63, 3.8) is 0 Å². The van der Waals surface area contributed by atoms with Crippen molar-refractivity contribution in [1.82, 2.24) is 0 Å². The van der Waals surface area contributed by atoms with Gasteiger partial charge in [0.1, 0.15) is 0 Å². The number of anilines is 6. The fraction of sp³-hybridized carbons (Fsp3) is 0.222. The molecule has 1 aliphatic heterocycles. The summed E-state index contributed by atoms with van der Waals surface area (Å²) in [5.74, 6) is 0. The van der Waals surface area contributed by atoms with Crippen LogP contribution in [-0.4, -0.2) is 8.07 Å². The van der Waals surface area contributed by atoms with Crippen LogP contribution in [-0.2, 0) is 16.2 Å². The first-order chi connectivity index (χ1) is 27.6. The molecule has 8 rings (SSSR count). The van der Waals surface area contributed by atoms with E-state index < -0.39 is 8.07 Å². The van der Waals surface area contributed by atoms with Gasteiger partial charge in [0, 0.05) is 22.7 Å². The van der Waals surface area contributed by atoms with Gasteiger partial charge in [0.15, 0.2) is 8.07 Å². The predicted molar refractivity (Wildman–Crippen MR) is 254 cm³/mol. The lowest BCUT2D eigenvalue weighted by molar-refractivity contribution is 0.569. The van der Waals surface area contributed by atoms with Crippen LogP contribution in [0.2, 0.25) is 5.02 Å². The summed E-state index contributed by atoms with van der Waals surface area (Å²) in [6.45, 7) is 20.6. The molecule has 292 valence electrons. The summed E-state index contributed by atoms with van der Waals surface area (Å²) in [4.78, 5) is 4.77. The van der Waals surface area contributed by atoms with Gasteiger partial charge >= 0.3 is 0 Å². The molecule has 0 spiro atoms. The number of halogens is 1. The van der Waals surface area contributed by atoms with Crippen LogP contribution in [0.25, 0.3) is 0 Å². The zero-order valence-electron chi connectivity index (χ0n) is 35.4. The fourth-order valence-corrected chi connectivity index (χ4v) is 13.7. The van der Waals surface area contributed by atoms with Crippen LogP contribution in [0.5, 0.6) is 0 Å². The summed E-state index contributed by atoms with van der Waals surface area (Å²) in [7, 11) is -2.95. The van der Waals surface area contributed by atoms with E-state index in [-0.39, 0.29) is 16.2 Å². The van der Waals surface area contributed by atoms with Gasteiger partial charge < -0.3 is 9.80 Å². The maximum atomic E-state index is 7.89.